The zero-order valence-electron chi connectivity index (χ0n) is 15.7. The lowest BCUT2D eigenvalue weighted by molar-refractivity contribution is 0.0530. The van der Waals surface area contributed by atoms with Crippen molar-refractivity contribution in [2.75, 3.05) is 19.6 Å². The Hall–Kier alpha value is -1.64. The van der Waals surface area contributed by atoms with Gasteiger partial charge in [0.2, 0.25) is 0 Å². The maximum absolute atomic E-state index is 3.52. The number of piperidine rings is 1. The lowest BCUT2D eigenvalue weighted by atomic mass is 9.89. The van der Waals surface area contributed by atoms with Gasteiger partial charge in [-0.05, 0) is 63.7 Å². The Morgan fingerprint density at radius 1 is 0.880 bits per heavy atom. The van der Waals surface area contributed by atoms with Crippen LogP contribution in [0.2, 0.25) is 0 Å². The average molecular weight is 337 g/mol. The molecule has 1 aliphatic heterocycles. The average Bonchev–Trinajstić information content (AvgIpc) is 2.64. The Labute approximate surface area is 153 Å². The summed E-state index contributed by atoms with van der Waals surface area (Å²) in [5.41, 5.74) is 3.04. The van der Waals surface area contributed by atoms with Crippen molar-refractivity contribution in [2.24, 2.45) is 0 Å². The summed E-state index contributed by atoms with van der Waals surface area (Å²) in [7, 11) is 0. The highest BCUT2D eigenvalue weighted by molar-refractivity contribution is 5.18. The number of rotatable bonds is 7. The van der Waals surface area contributed by atoms with Gasteiger partial charge in [-0.25, -0.2) is 0 Å². The lowest BCUT2D eigenvalue weighted by Gasteiger charge is -2.46. The fourth-order valence-corrected chi connectivity index (χ4v) is 4.19. The maximum atomic E-state index is 3.52. The monoisotopic (exact) mass is 336 g/mol. The van der Waals surface area contributed by atoms with E-state index in [9.17, 15) is 0 Å². The number of hydrogen-bond donors (Lipinski definition) is 1. The summed E-state index contributed by atoms with van der Waals surface area (Å²) in [6.45, 7) is 8.27. The van der Waals surface area contributed by atoms with E-state index < -0.39 is 0 Å². The molecule has 0 atom stereocenters. The highest BCUT2D eigenvalue weighted by atomic mass is 15.2. The molecule has 2 aromatic carbocycles. The van der Waals surface area contributed by atoms with Crippen LogP contribution in [-0.4, -0.2) is 36.1 Å². The second-order valence-corrected chi connectivity index (χ2v) is 7.88. The molecule has 2 heteroatoms. The highest BCUT2D eigenvalue weighted by Crippen LogP contribution is 2.27. The Kier molecular flexibility index (Phi) is 6.28. The predicted molar refractivity (Wildman–Crippen MR) is 107 cm³/mol. The van der Waals surface area contributed by atoms with Gasteiger partial charge in [-0.15, -0.1) is 0 Å². The molecule has 0 spiro atoms. The molecule has 1 saturated heterocycles. The van der Waals surface area contributed by atoms with Crippen molar-refractivity contribution < 1.29 is 0 Å². The van der Waals surface area contributed by atoms with Crippen LogP contribution < -0.4 is 5.32 Å². The van der Waals surface area contributed by atoms with Gasteiger partial charge in [0, 0.05) is 18.1 Å². The molecule has 0 bridgehead atoms. The quantitative estimate of drug-likeness (QED) is 0.811. The van der Waals surface area contributed by atoms with Gasteiger partial charge < -0.3 is 5.32 Å². The van der Waals surface area contributed by atoms with Crippen molar-refractivity contribution in [3.05, 3.63) is 71.8 Å². The van der Waals surface area contributed by atoms with Crippen molar-refractivity contribution in [2.45, 2.75) is 51.1 Å². The number of benzene rings is 2. The second kappa shape index (κ2) is 8.64. The summed E-state index contributed by atoms with van der Waals surface area (Å²) < 4.78 is 0. The molecule has 0 radical (unpaired) electrons. The molecule has 2 nitrogen and oxygen atoms in total. The third-order valence-electron chi connectivity index (χ3n) is 5.49. The van der Waals surface area contributed by atoms with Crippen LogP contribution in [0.3, 0.4) is 0 Å². The van der Waals surface area contributed by atoms with E-state index in [2.05, 4.69) is 84.7 Å². The van der Waals surface area contributed by atoms with E-state index in [1.165, 1.54) is 24.0 Å². The van der Waals surface area contributed by atoms with Crippen LogP contribution in [0.5, 0.6) is 0 Å². The molecular formula is C23H32N2. The fraction of sp³-hybridized carbons (Fsp3) is 0.478. The molecule has 2 aromatic rings. The van der Waals surface area contributed by atoms with Crippen LogP contribution in [0.15, 0.2) is 60.7 Å². The molecule has 0 aromatic heterocycles. The minimum atomic E-state index is 0.165. The molecule has 1 aliphatic rings. The molecule has 0 amide bonds. The number of nitrogens with one attached hydrogen (secondary N) is 1. The molecular weight excluding hydrogens is 304 g/mol. The first-order valence-electron chi connectivity index (χ1n) is 9.70. The zero-order chi connectivity index (χ0) is 17.5. The molecule has 0 aliphatic carbocycles. The van der Waals surface area contributed by atoms with E-state index >= 15 is 0 Å². The first-order valence-corrected chi connectivity index (χ1v) is 9.70. The van der Waals surface area contributed by atoms with Crippen molar-refractivity contribution in [3.8, 4) is 0 Å². The SMILES string of the molecule is CC(C)(Cc1ccccc1)N(CCc1ccccc1)C1CCNCC1. The summed E-state index contributed by atoms with van der Waals surface area (Å²) in [6, 6.07) is 22.6. The molecule has 1 N–H and O–H groups in total. The first-order chi connectivity index (χ1) is 12.1. The normalized spacial score (nSPS) is 16.3. The minimum absolute atomic E-state index is 0.165. The Morgan fingerprint density at radius 3 is 2.04 bits per heavy atom. The van der Waals surface area contributed by atoms with Gasteiger partial charge in [-0.3, -0.25) is 4.90 Å². The van der Waals surface area contributed by atoms with Crippen LogP contribution in [0.1, 0.15) is 37.8 Å². The molecule has 134 valence electrons. The van der Waals surface area contributed by atoms with Gasteiger partial charge in [-0.1, -0.05) is 60.7 Å². The van der Waals surface area contributed by atoms with E-state index in [0.29, 0.717) is 6.04 Å². The molecule has 3 rings (SSSR count). The van der Waals surface area contributed by atoms with Crippen molar-refractivity contribution in [3.63, 3.8) is 0 Å². The number of nitrogens with zero attached hydrogens (tertiary/aromatic N) is 1. The molecule has 0 saturated carbocycles. The summed E-state index contributed by atoms with van der Waals surface area (Å²) >= 11 is 0. The van der Waals surface area contributed by atoms with Crippen molar-refractivity contribution in [1.29, 1.82) is 0 Å². The van der Waals surface area contributed by atoms with E-state index in [1.54, 1.807) is 0 Å². The summed E-state index contributed by atoms with van der Waals surface area (Å²) in [6.07, 6.45) is 4.75. The largest absolute Gasteiger partial charge is 0.317 e. The van der Waals surface area contributed by atoms with Crippen molar-refractivity contribution >= 4 is 0 Å². The van der Waals surface area contributed by atoms with Gasteiger partial charge in [0.25, 0.3) is 0 Å². The maximum Gasteiger partial charge on any atom is 0.0196 e. The first kappa shape index (κ1) is 18.2. The van der Waals surface area contributed by atoms with Gasteiger partial charge >= 0.3 is 0 Å². The minimum Gasteiger partial charge on any atom is -0.317 e. The van der Waals surface area contributed by atoms with Crippen LogP contribution in [-0.2, 0) is 12.8 Å². The molecule has 25 heavy (non-hydrogen) atoms. The predicted octanol–water partition coefficient (Wildman–Crippen LogP) is 4.30. The lowest BCUT2D eigenvalue weighted by Crippen LogP contribution is -2.54. The van der Waals surface area contributed by atoms with Crippen LogP contribution in [0.25, 0.3) is 0 Å². The standard InChI is InChI=1S/C23H32N2/c1-23(2,19-21-11-7-4-8-12-21)25(22-13-16-24-17-14-22)18-15-20-9-5-3-6-10-20/h3-12,22,24H,13-19H2,1-2H3. The fourth-order valence-electron chi connectivity index (χ4n) is 4.19. The van der Waals surface area contributed by atoms with Gasteiger partial charge in [0.1, 0.15) is 0 Å². The molecule has 1 fully saturated rings. The van der Waals surface area contributed by atoms with Crippen LogP contribution in [0, 0.1) is 0 Å². The summed E-state index contributed by atoms with van der Waals surface area (Å²) in [5.74, 6) is 0. The second-order valence-electron chi connectivity index (χ2n) is 7.88. The van der Waals surface area contributed by atoms with Gasteiger partial charge in [-0.2, -0.15) is 0 Å². The molecule has 0 unspecified atom stereocenters. The van der Waals surface area contributed by atoms with E-state index in [0.717, 1.165) is 32.5 Å². The summed E-state index contributed by atoms with van der Waals surface area (Å²) in [5, 5.41) is 3.52. The van der Waals surface area contributed by atoms with E-state index in [-0.39, 0.29) is 5.54 Å². The Balaban J connectivity index is 1.74. The summed E-state index contributed by atoms with van der Waals surface area (Å²) in [4.78, 5) is 2.79. The van der Waals surface area contributed by atoms with E-state index in [1.807, 2.05) is 0 Å². The van der Waals surface area contributed by atoms with Gasteiger partial charge in [0.05, 0.1) is 0 Å². The smallest absolute Gasteiger partial charge is 0.0196 e. The molecule has 1 heterocycles. The number of hydrogen-bond acceptors (Lipinski definition) is 2. The Morgan fingerprint density at radius 2 is 1.44 bits per heavy atom. The third kappa shape index (κ3) is 5.17. The Bertz CT molecular complexity index is 615. The zero-order valence-corrected chi connectivity index (χ0v) is 15.7. The highest BCUT2D eigenvalue weighted by Gasteiger charge is 2.33. The van der Waals surface area contributed by atoms with Crippen LogP contribution in [0.4, 0.5) is 0 Å². The third-order valence-corrected chi connectivity index (χ3v) is 5.49. The van der Waals surface area contributed by atoms with Crippen molar-refractivity contribution in [1.82, 2.24) is 10.2 Å². The van der Waals surface area contributed by atoms with Gasteiger partial charge in [0.15, 0.2) is 0 Å². The topological polar surface area (TPSA) is 15.3 Å². The van der Waals surface area contributed by atoms with Crippen LogP contribution >= 0.6 is 0 Å². The van der Waals surface area contributed by atoms with E-state index in [4.69, 9.17) is 0 Å².